The standard InChI is InChI=1S/C14H20O2/c1-2-3-4-5-6-7-8-9-10-11-12-13-14(15)16/h4-5,7-12H,2-3,6,13H2,1H3,(H,15,16)/b5-4+,8-7+,10-9+,12-11+. The van der Waals surface area contributed by atoms with Crippen LogP contribution >= 0.6 is 0 Å². The first-order chi connectivity index (χ1) is 7.77. The van der Waals surface area contributed by atoms with Crippen molar-refractivity contribution in [1.29, 1.82) is 0 Å². The van der Waals surface area contributed by atoms with Crippen molar-refractivity contribution in [3.8, 4) is 0 Å². The van der Waals surface area contributed by atoms with Crippen molar-refractivity contribution in [3.05, 3.63) is 48.6 Å². The SMILES string of the molecule is CCC/C=C/C/C=C/C=C/C=C/CC(=O)O. The van der Waals surface area contributed by atoms with E-state index in [1.807, 2.05) is 18.2 Å². The second kappa shape index (κ2) is 11.5. The first-order valence-corrected chi connectivity index (χ1v) is 5.62. The molecule has 0 aliphatic heterocycles. The summed E-state index contributed by atoms with van der Waals surface area (Å²) in [4.78, 5) is 10.2. The molecule has 0 fully saturated rings. The van der Waals surface area contributed by atoms with Crippen LogP contribution in [0.25, 0.3) is 0 Å². The summed E-state index contributed by atoms with van der Waals surface area (Å²) >= 11 is 0. The Balaban J connectivity index is 3.55. The predicted octanol–water partition coefficient (Wildman–Crippen LogP) is 3.88. The summed E-state index contributed by atoms with van der Waals surface area (Å²) in [5.41, 5.74) is 0. The third-order valence-corrected chi connectivity index (χ3v) is 1.79. The molecule has 0 aromatic carbocycles. The van der Waals surface area contributed by atoms with E-state index in [9.17, 15) is 4.79 Å². The van der Waals surface area contributed by atoms with E-state index in [2.05, 4.69) is 25.2 Å². The van der Waals surface area contributed by atoms with Gasteiger partial charge in [0, 0.05) is 0 Å². The fraction of sp³-hybridized carbons (Fsp3) is 0.357. The van der Waals surface area contributed by atoms with E-state index in [0.29, 0.717) is 0 Å². The highest BCUT2D eigenvalue weighted by atomic mass is 16.4. The van der Waals surface area contributed by atoms with E-state index in [1.165, 1.54) is 6.42 Å². The molecule has 0 bridgehead atoms. The van der Waals surface area contributed by atoms with Crippen LogP contribution in [0.15, 0.2) is 48.6 Å². The van der Waals surface area contributed by atoms with Crippen LogP contribution in [0.3, 0.4) is 0 Å². The molecule has 1 N–H and O–H groups in total. The lowest BCUT2D eigenvalue weighted by Gasteiger charge is -1.83. The second-order valence-electron chi connectivity index (χ2n) is 3.33. The zero-order valence-corrected chi connectivity index (χ0v) is 9.80. The quantitative estimate of drug-likeness (QED) is 0.498. The normalized spacial score (nSPS) is 12.6. The molecule has 0 atom stereocenters. The minimum atomic E-state index is -0.804. The highest BCUT2D eigenvalue weighted by molar-refractivity contribution is 5.68. The molecule has 0 aromatic heterocycles. The van der Waals surface area contributed by atoms with Crippen LogP contribution in [0.5, 0.6) is 0 Å². The van der Waals surface area contributed by atoms with Gasteiger partial charge in [0.25, 0.3) is 0 Å². The van der Waals surface area contributed by atoms with Gasteiger partial charge in [-0.25, -0.2) is 0 Å². The van der Waals surface area contributed by atoms with Crippen molar-refractivity contribution in [2.75, 3.05) is 0 Å². The monoisotopic (exact) mass is 220 g/mol. The van der Waals surface area contributed by atoms with Gasteiger partial charge < -0.3 is 5.11 Å². The van der Waals surface area contributed by atoms with Crippen LogP contribution in [-0.2, 0) is 4.79 Å². The molecule has 88 valence electrons. The number of hydrogen-bond donors (Lipinski definition) is 1. The Labute approximate surface area is 97.7 Å². The van der Waals surface area contributed by atoms with Crippen LogP contribution in [0.1, 0.15) is 32.6 Å². The number of carbonyl (C=O) groups is 1. The third-order valence-electron chi connectivity index (χ3n) is 1.79. The Bertz CT molecular complexity index is 283. The molecule has 0 saturated carbocycles. The van der Waals surface area contributed by atoms with Gasteiger partial charge in [0.15, 0.2) is 0 Å². The highest BCUT2D eigenvalue weighted by Crippen LogP contribution is 1.92. The maximum absolute atomic E-state index is 10.2. The molecule has 0 heterocycles. The maximum atomic E-state index is 10.2. The Morgan fingerprint density at radius 2 is 1.69 bits per heavy atom. The van der Waals surface area contributed by atoms with Crippen molar-refractivity contribution in [3.63, 3.8) is 0 Å². The third kappa shape index (κ3) is 12.4. The van der Waals surface area contributed by atoms with Crippen molar-refractivity contribution < 1.29 is 9.90 Å². The van der Waals surface area contributed by atoms with Crippen LogP contribution in [0, 0.1) is 0 Å². The van der Waals surface area contributed by atoms with Gasteiger partial charge in [-0.1, -0.05) is 62.0 Å². The molecule has 0 amide bonds. The van der Waals surface area contributed by atoms with E-state index in [-0.39, 0.29) is 6.42 Å². The summed E-state index contributed by atoms with van der Waals surface area (Å²) in [7, 11) is 0. The van der Waals surface area contributed by atoms with E-state index in [1.54, 1.807) is 12.2 Å². The van der Waals surface area contributed by atoms with Gasteiger partial charge in [-0.15, -0.1) is 0 Å². The van der Waals surface area contributed by atoms with Gasteiger partial charge >= 0.3 is 5.97 Å². The summed E-state index contributed by atoms with van der Waals surface area (Å²) in [5, 5.41) is 8.36. The van der Waals surface area contributed by atoms with Crippen LogP contribution in [0.2, 0.25) is 0 Å². The summed E-state index contributed by atoms with van der Waals surface area (Å²) in [6.45, 7) is 2.16. The lowest BCUT2D eigenvalue weighted by atomic mass is 10.2. The van der Waals surface area contributed by atoms with Crippen molar-refractivity contribution in [2.45, 2.75) is 32.6 Å². The number of hydrogen-bond acceptors (Lipinski definition) is 1. The summed E-state index contributed by atoms with van der Waals surface area (Å²) in [6.07, 6.45) is 18.8. The average Bonchev–Trinajstić information content (AvgIpc) is 2.25. The molecule has 0 radical (unpaired) electrons. The van der Waals surface area contributed by atoms with Gasteiger partial charge in [0.05, 0.1) is 6.42 Å². The lowest BCUT2D eigenvalue weighted by molar-refractivity contribution is -0.135. The molecule has 0 spiro atoms. The molecule has 0 unspecified atom stereocenters. The highest BCUT2D eigenvalue weighted by Gasteiger charge is 1.86. The molecular weight excluding hydrogens is 200 g/mol. The number of rotatable bonds is 8. The number of unbranched alkanes of at least 4 members (excludes halogenated alkanes) is 1. The van der Waals surface area contributed by atoms with Crippen LogP contribution in [0.4, 0.5) is 0 Å². The van der Waals surface area contributed by atoms with Gasteiger partial charge in [0.1, 0.15) is 0 Å². The van der Waals surface area contributed by atoms with Crippen LogP contribution < -0.4 is 0 Å². The van der Waals surface area contributed by atoms with E-state index in [4.69, 9.17) is 5.11 Å². The van der Waals surface area contributed by atoms with Gasteiger partial charge in [-0.05, 0) is 12.8 Å². The van der Waals surface area contributed by atoms with Crippen molar-refractivity contribution in [2.24, 2.45) is 0 Å². The van der Waals surface area contributed by atoms with Gasteiger partial charge in [-0.2, -0.15) is 0 Å². The molecule has 2 heteroatoms. The smallest absolute Gasteiger partial charge is 0.307 e. The molecule has 0 saturated heterocycles. The fourth-order valence-electron chi connectivity index (χ4n) is 0.992. The molecule has 2 nitrogen and oxygen atoms in total. The van der Waals surface area contributed by atoms with Crippen molar-refractivity contribution >= 4 is 5.97 Å². The average molecular weight is 220 g/mol. The minimum absolute atomic E-state index is 0.0772. The first kappa shape index (κ1) is 14.4. The minimum Gasteiger partial charge on any atom is -0.481 e. The number of aliphatic carboxylic acids is 1. The van der Waals surface area contributed by atoms with Crippen molar-refractivity contribution in [1.82, 2.24) is 0 Å². The summed E-state index contributed by atoms with van der Waals surface area (Å²) < 4.78 is 0. The topological polar surface area (TPSA) is 37.3 Å². The first-order valence-electron chi connectivity index (χ1n) is 5.62. The molecule has 0 aromatic rings. The number of carboxylic acids is 1. The molecular formula is C14H20O2. The molecule has 0 aliphatic rings. The Morgan fingerprint density at radius 3 is 2.31 bits per heavy atom. The Hall–Kier alpha value is -1.57. The number of allylic oxidation sites excluding steroid dienone is 7. The summed E-state index contributed by atoms with van der Waals surface area (Å²) in [6, 6.07) is 0. The van der Waals surface area contributed by atoms with Crippen LogP contribution in [-0.4, -0.2) is 11.1 Å². The molecule has 0 aliphatic carbocycles. The Kier molecular flexibility index (Phi) is 10.4. The van der Waals surface area contributed by atoms with Gasteiger partial charge in [0.2, 0.25) is 0 Å². The lowest BCUT2D eigenvalue weighted by Crippen LogP contribution is -1.89. The zero-order chi connectivity index (χ0) is 12.1. The maximum Gasteiger partial charge on any atom is 0.307 e. The Morgan fingerprint density at radius 1 is 1.00 bits per heavy atom. The zero-order valence-electron chi connectivity index (χ0n) is 9.80. The second-order valence-corrected chi connectivity index (χ2v) is 3.33. The fourth-order valence-corrected chi connectivity index (χ4v) is 0.992. The molecule has 0 rings (SSSR count). The largest absolute Gasteiger partial charge is 0.481 e. The predicted molar refractivity (Wildman–Crippen MR) is 68.3 cm³/mol. The van der Waals surface area contributed by atoms with E-state index < -0.39 is 5.97 Å². The van der Waals surface area contributed by atoms with Gasteiger partial charge in [-0.3, -0.25) is 4.79 Å². The molecule has 16 heavy (non-hydrogen) atoms. The van der Waals surface area contributed by atoms with E-state index in [0.717, 1.165) is 12.8 Å². The van der Waals surface area contributed by atoms with E-state index >= 15 is 0 Å². The number of carboxylic acid groups (broad SMARTS) is 1. The summed E-state index contributed by atoms with van der Waals surface area (Å²) in [5.74, 6) is -0.804.